The highest BCUT2D eigenvalue weighted by Gasteiger charge is 2.22. The quantitative estimate of drug-likeness (QED) is 0.791. The van der Waals surface area contributed by atoms with E-state index in [2.05, 4.69) is 5.10 Å². The molecule has 1 aliphatic carbocycles. The van der Waals surface area contributed by atoms with Crippen LogP contribution in [0.15, 0.2) is 34.9 Å². The Hall–Kier alpha value is -1.78. The van der Waals surface area contributed by atoms with E-state index < -0.39 is 0 Å². The molecule has 0 radical (unpaired) electrons. The van der Waals surface area contributed by atoms with Crippen LogP contribution in [0.25, 0.3) is 11.0 Å². The molecule has 1 atom stereocenters. The molecule has 0 bridgehead atoms. The molecule has 0 aliphatic heterocycles. The van der Waals surface area contributed by atoms with Crippen LogP contribution in [0.3, 0.4) is 0 Å². The van der Waals surface area contributed by atoms with Crippen molar-refractivity contribution in [2.75, 3.05) is 0 Å². The van der Waals surface area contributed by atoms with Crippen LogP contribution < -0.4 is 0 Å². The second kappa shape index (κ2) is 4.90. The lowest BCUT2D eigenvalue weighted by molar-refractivity contribution is 0.155. The number of nitrogens with zero attached hydrogens (tertiary/aromatic N) is 2. The Morgan fingerprint density at radius 1 is 1.38 bits per heavy atom. The van der Waals surface area contributed by atoms with Crippen LogP contribution in [0, 0.1) is 0 Å². The van der Waals surface area contributed by atoms with Gasteiger partial charge in [-0.2, -0.15) is 5.10 Å². The number of furan rings is 1. The van der Waals surface area contributed by atoms with E-state index in [0.29, 0.717) is 18.2 Å². The summed E-state index contributed by atoms with van der Waals surface area (Å²) in [7, 11) is 0. The van der Waals surface area contributed by atoms with Crippen molar-refractivity contribution >= 4 is 22.6 Å². The number of aromatic nitrogens is 2. The first-order valence-corrected chi connectivity index (χ1v) is 7.47. The number of aliphatic hydroxyl groups excluding tert-OH is 1. The summed E-state index contributed by atoms with van der Waals surface area (Å²) in [4.78, 5) is 0. The minimum absolute atomic E-state index is 0.274. The van der Waals surface area contributed by atoms with Gasteiger partial charge in [-0.1, -0.05) is 18.2 Å². The first-order valence-electron chi connectivity index (χ1n) is 7.10. The molecule has 4 nitrogen and oxygen atoms in total. The van der Waals surface area contributed by atoms with Crippen LogP contribution in [0.1, 0.15) is 23.2 Å². The van der Waals surface area contributed by atoms with Crippen LogP contribution in [0.4, 0.5) is 0 Å². The van der Waals surface area contributed by atoms with Crippen LogP contribution in [0.5, 0.6) is 0 Å². The van der Waals surface area contributed by atoms with Crippen molar-refractivity contribution in [3.63, 3.8) is 0 Å². The molecule has 0 spiro atoms. The van der Waals surface area contributed by atoms with Crippen molar-refractivity contribution in [2.45, 2.75) is 31.9 Å². The van der Waals surface area contributed by atoms with Crippen molar-refractivity contribution in [1.82, 2.24) is 9.78 Å². The third-order valence-electron chi connectivity index (χ3n) is 4.17. The predicted octanol–water partition coefficient (Wildman–Crippen LogP) is 3.18. The van der Waals surface area contributed by atoms with Crippen molar-refractivity contribution in [2.24, 2.45) is 0 Å². The summed E-state index contributed by atoms with van der Waals surface area (Å²) in [5.74, 6) is 0. The van der Waals surface area contributed by atoms with Gasteiger partial charge in [-0.25, -0.2) is 0 Å². The van der Waals surface area contributed by atoms with Gasteiger partial charge in [0.15, 0.2) is 5.22 Å². The van der Waals surface area contributed by atoms with Gasteiger partial charge in [0.2, 0.25) is 0 Å². The first kappa shape index (κ1) is 12.9. The summed E-state index contributed by atoms with van der Waals surface area (Å²) < 4.78 is 7.52. The molecule has 1 aromatic carbocycles. The number of rotatable bonds is 2. The van der Waals surface area contributed by atoms with Gasteiger partial charge in [0.25, 0.3) is 0 Å². The van der Waals surface area contributed by atoms with Gasteiger partial charge in [0, 0.05) is 23.1 Å². The highest BCUT2D eigenvalue weighted by atomic mass is 35.5. The number of fused-ring (bicyclic) bond motifs is 2. The maximum atomic E-state index is 9.87. The van der Waals surface area contributed by atoms with E-state index in [1.807, 2.05) is 35.1 Å². The SMILES string of the molecule is OC1CCc2cnn(Cc3c(Cl)oc4ccccc34)c2C1. The van der Waals surface area contributed by atoms with E-state index in [0.717, 1.165) is 35.1 Å². The normalized spacial score (nSPS) is 18.1. The molecule has 2 aromatic heterocycles. The topological polar surface area (TPSA) is 51.2 Å². The highest BCUT2D eigenvalue weighted by Crippen LogP contribution is 2.31. The molecule has 0 saturated carbocycles. The molecule has 3 aromatic rings. The summed E-state index contributed by atoms with van der Waals surface area (Å²) in [6, 6.07) is 7.82. The van der Waals surface area contributed by atoms with E-state index in [1.54, 1.807) is 0 Å². The predicted molar refractivity (Wildman–Crippen MR) is 80.6 cm³/mol. The summed E-state index contributed by atoms with van der Waals surface area (Å²) >= 11 is 6.24. The summed E-state index contributed by atoms with van der Waals surface area (Å²) in [5.41, 5.74) is 4.07. The number of para-hydroxylation sites is 1. The van der Waals surface area contributed by atoms with Gasteiger partial charge in [-0.05, 0) is 36.1 Å². The minimum Gasteiger partial charge on any atom is -0.444 e. The van der Waals surface area contributed by atoms with Crippen molar-refractivity contribution in [3.05, 3.63) is 52.5 Å². The molecular weight excluding hydrogens is 288 g/mol. The lowest BCUT2D eigenvalue weighted by Crippen LogP contribution is -2.21. The van der Waals surface area contributed by atoms with E-state index in [9.17, 15) is 5.11 Å². The number of benzene rings is 1. The van der Waals surface area contributed by atoms with Crippen LogP contribution in [-0.2, 0) is 19.4 Å². The molecule has 1 unspecified atom stereocenters. The zero-order valence-electron chi connectivity index (χ0n) is 11.4. The van der Waals surface area contributed by atoms with Gasteiger partial charge in [-0.3, -0.25) is 4.68 Å². The van der Waals surface area contributed by atoms with Crippen LogP contribution in [-0.4, -0.2) is 21.0 Å². The van der Waals surface area contributed by atoms with Gasteiger partial charge in [0.05, 0.1) is 18.8 Å². The highest BCUT2D eigenvalue weighted by molar-refractivity contribution is 6.30. The monoisotopic (exact) mass is 302 g/mol. The number of aliphatic hydroxyl groups is 1. The molecule has 2 heterocycles. The Morgan fingerprint density at radius 3 is 3.14 bits per heavy atom. The second-order valence-electron chi connectivity index (χ2n) is 5.52. The zero-order chi connectivity index (χ0) is 14.4. The third kappa shape index (κ3) is 2.15. The maximum Gasteiger partial charge on any atom is 0.199 e. The molecule has 108 valence electrons. The van der Waals surface area contributed by atoms with E-state index in [4.69, 9.17) is 16.0 Å². The molecule has 0 saturated heterocycles. The van der Waals surface area contributed by atoms with Crippen molar-refractivity contribution in [1.29, 1.82) is 0 Å². The van der Waals surface area contributed by atoms with Crippen LogP contribution in [0.2, 0.25) is 5.22 Å². The molecule has 1 aliphatic rings. The van der Waals surface area contributed by atoms with Crippen molar-refractivity contribution < 1.29 is 9.52 Å². The Labute approximate surface area is 126 Å². The van der Waals surface area contributed by atoms with E-state index >= 15 is 0 Å². The first-order chi connectivity index (χ1) is 10.2. The number of halogens is 1. The summed E-state index contributed by atoms with van der Waals surface area (Å²) in [5, 5.41) is 15.8. The Bertz CT molecular complexity index is 806. The largest absolute Gasteiger partial charge is 0.444 e. The molecule has 4 rings (SSSR count). The minimum atomic E-state index is -0.274. The van der Waals surface area contributed by atoms with Gasteiger partial charge < -0.3 is 9.52 Å². The average molecular weight is 303 g/mol. The number of hydrogen-bond acceptors (Lipinski definition) is 3. The fourth-order valence-corrected chi connectivity index (χ4v) is 3.29. The van der Waals surface area contributed by atoms with E-state index in [1.165, 1.54) is 5.56 Å². The molecule has 0 fully saturated rings. The Balaban J connectivity index is 1.76. The molecular formula is C16H15ClN2O2. The fourth-order valence-electron chi connectivity index (χ4n) is 3.04. The maximum absolute atomic E-state index is 9.87. The van der Waals surface area contributed by atoms with E-state index in [-0.39, 0.29) is 6.10 Å². The van der Waals surface area contributed by atoms with Gasteiger partial charge in [-0.15, -0.1) is 0 Å². The molecule has 1 N–H and O–H groups in total. The summed E-state index contributed by atoms with van der Waals surface area (Å²) in [6.45, 7) is 0.567. The number of hydrogen-bond donors (Lipinski definition) is 1. The third-order valence-corrected chi connectivity index (χ3v) is 4.47. The van der Waals surface area contributed by atoms with Gasteiger partial charge in [0.1, 0.15) is 5.58 Å². The molecule has 5 heteroatoms. The molecule has 0 amide bonds. The van der Waals surface area contributed by atoms with Gasteiger partial charge >= 0.3 is 0 Å². The lowest BCUT2D eigenvalue weighted by atomic mass is 9.95. The molecule has 21 heavy (non-hydrogen) atoms. The second-order valence-corrected chi connectivity index (χ2v) is 5.86. The number of aryl methyl sites for hydroxylation is 1. The summed E-state index contributed by atoms with van der Waals surface area (Å²) in [6.07, 6.45) is 3.98. The van der Waals surface area contributed by atoms with Crippen LogP contribution >= 0.6 is 11.6 Å². The smallest absolute Gasteiger partial charge is 0.199 e. The Morgan fingerprint density at radius 2 is 2.24 bits per heavy atom. The zero-order valence-corrected chi connectivity index (χ0v) is 12.2. The van der Waals surface area contributed by atoms with Crippen molar-refractivity contribution in [3.8, 4) is 0 Å². The lowest BCUT2D eigenvalue weighted by Gasteiger charge is -2.18. The average Bonchev–Trinajstić information content (AvgIpc) is 3.01. The Kier molecular flexibility index (Phi) is 3.01. The standard InChI is InChI=1S/C16H15ClN2O2/c17-16-13(12-3-1-2-4-15(12)21-16)9-19-14-7-11(20)6-5-10(14)8-18-19/h1-4,8,11,20H,5-7,9H2. The fraction of sp³-hybridized carbons (Fsp3) is 0.312.